The van der Waals surface area contributed by atoms with E-state index < -0.39 is 40.3 Å². The van der Waals surface area contributed by atoms with Crippen molar-refractivity contribution in [2.45, 2.75) is 51.2 Å². The van der Waals surface area contributed by atoms with Crippen LogP contribution in [0.5, 0.6) is 0 Å². The van der Waals surface area contributed by atoms with Gasteiger partial charge in [0.1, 0.15) is 24.2 Å². The smallest absolute Gasteiger partial charge is 0.304 e. The standard InChI is InChI=1S/C25H32F2N4O4S/c1-18(25(33)28-21-8-4-5-9-21)30(16-19-12-14-20(26)15-13-19)24(32)17-31(36(34,35)29(2)3)23-11-7-6-10-22(23)27/h6-7,10-15,18,21H,4-5,8-9,16-17H2,1-3H3,(H,28,33)/t18-/m1/s1. The van der Waals surface area contributed by atoms with E-state index in [2.05, 4.69) is 5.32 Å². The number of benzene rings is 2. The Morgan fingerprint density at radius 2 is 1.64 bits per heavy atom. The molecule has 2 aromatic carbocycles. The molecule has 0 unspecified atom stereocenters. The molecule has 1 fully saturated rings. The van der Waals surface area contributed by atoms with Crippen LogP contribution in [0.4, 0.5) is 14.5 Å². The van der Waals surface area contributed by atoms with Gasteiger partial charge in [0.05, 0.1) is 5.69 Å². The molecule has 2 amide bonds. The fourth-order valence-electron chi connectivity index (χ4n) is 4.12. The summed E-state index contributed by atoms with van der Waals surface area (Å²) in [6, 6.07) is 9.78. The van der Waals surface area contributed by atoms with E-state index in [1.165, 1.54) is 61.5 Å². The van der Waals surface area contributed by atoms with Crippen molar-refractivity contribution in [3.05, 3.63) is 65.7 Å². The number of amides is 2. The molecule has 11 heteroatoms. The number of hydrogen-bond donors (Lipinski definition) is 1. The molecule has 1 saturated carbocycles. The normalized spacial score (nSPS) is 15.1. The maximum atomic E-state index is 14.6. The zero-order chi connectivity index (χ0) is 26.5. The maximum absolute atomic E-state index is 14.6. The molecule has 36 heavy (non-hydrogen) atoms. The first kappa shape index (κ1) is 27.5. The van der Waals surface area contributed by atoms with E-state index >= 15 is 0 Å². The zero-order valence-corrected chi connectivity index (χ0v) is 21.5. The Morgan fingerprint density at radius 1 is 1.03 bits per heavy atom. The van der Waals surface area contributed by atoms with E-state index in [9.17, 15) is 26.8 Å². The number of nitrogens with zero attached hydrogens (tertiary/aromatic N) is 3. The lowest BCUT2D eigenvalue weighted by atomic mass is 10.1. The number of halogens is 2. The monoisotopic (exact) mass is 522 g/mol. The lowest BCUT2D eigenvalue weighted by molar-refractivity contribution is -0.139. The van der Waals surface area contributed by atoms with Gasteiger partial charge in [-0.15, -0.1) is 0 Å². The molecule has 0 spiro atoms. The average molecular weight is 523 g/mol. The van der Waals surface area contributed by atoms with Gasteiger partial charge in [0, 0.05) is 26.7 Å². The molecule has 2 aromatic rings. The summed E-state index contributed by atoms with van der Waals surface area (Å²) in [7, 11) is -1.70. The Hall–Kier alpha value is -3.05. The molecule has 0 aliphatic heterocycles. The summed E-state index contributed by atoms with van der Waals surface area (Å²) in [5.41, 5.74) is 0.266. The van der Waals surface area contributed by atoms with E-state index in [0.717, 1.165) is 36.1 Å². The highest BCUT2D eigenvalue weighted by molar-refractivity contribution is 7.90. The third kappa shape index (κ3) is 6.58. The Morgan fingerprint density at radius 3 is 2.22 bits per heavy atom. The molecule has 0 heterocycles. The van der Waals surface area contributed by atoms with Crippen LogP contribution in [0.2, 0.25) is 0 Å². The summed E-state index contributed by atoms with van der Waals surface area (Å²) in [5, 5.41) is 2.96. The third-order valence-corrected chi connectivity index (χ3v) is 8.08. The summed E-state index contributed by atoms with van der Waals surface area (Å²) in [6.07, 6.45) is 3.73. The minimum Gasteiger partial charge on any atom is -0.352 e. The number of nitrogens with one attached hydrogen (secondary N) is 1. The minimum atomic E-state index is -4.26. The second-order valence-electron chi connectivity index (χ2n) is 9.06. The van der Waals surface area contributed by atoms with Crippen molar-refractivity contribution in [1.82, 2.24) is 14.5 Å². The zero-order valence-electron chi connectivity index (χ0n) is 20.7. The molecule has 0 radical (unpaired) electrons. The average Bonchev–Trinajstić information content (AvgIpc) is 3.35. The van der Waals surface area contributed by atoms with Gasteiger partial charge in [0.15, 0.2) is 0 Å². The van der Waals surface area contributed by atoms with Crippen molar-refractivity contribution in [1.29, 1.82) is 0 Å². The summed E-state index contributed by atoms with van der Waals surface area (Å²) in [6.45, 7) is 0.759. The summed E-state index contributed by atoms with van der Waals surface area (Å²) >= 11 is 0. The summed E-state index contributed by atoms with van der Waals surface area (Å²) in [4.78, 5) is 27.9. The van der Waals surface area contributed by atoms with Crippen LogP contribution in [0.3, 0.4) is 0 Å². The number of rotatable bonds is 10. The van der Waals surface area contributed by atoms with Gasteiger partial charge in [-0.1, -0.05) is 37.1 Å². The summed E-state index contributed by atoms with van der Waals surface area (Å²) < 4.78 is 55.8. The van der Waals surface area contributed by atoms with Crippen LogP contribution in [-0.2, 0) is 26.3 Å². The molecule has 1 N–H and O–H groups in total. The number of carbonyl (C=O) groups excluding carboxylic acids is 2. The highest BCUT2D eigenvalue weighted by Crippen LogP contribution is 2.24. The van der Waals surface area contributed by atoms with Gasteiger partial charge in [-0.3, -0.25) is 9.59 Å². The Bertz CT molecular complexity index is 1170. The van der Waals surface area contributed by atoms with Gasteiger partial charge in [0.2, 0.25) is 11.8 Å². The molecule has 0 aromatic heterocycles. The maximum Gasteiger partial charge on any atom is 0.304 e. The predicted octanol–water partition coefficient (Wildman–Crippen LogP) is 3.05. The van der Waals surface area contributed by atoms with Crippen LogP contribution in [0, 0.1) is 11.6 Å². The number of anilines is 1. The lowest BCUT2D eigenvalue weighted by Gasteiger charge is -2.33. The van der Waals surface area contributed by atoms with Crippen LogP contribution in [0.15, 0.2) is 48.5 Å². The van der Waals surface area contributed by atoms with Gasteiger partial charge in [-0.05, 0) is 49.6 Å². The molecular formula is C25H32F2N4O4S. The van der Waals surface area contributed by atoms with Gasteiger partial charge >= 0.3 is 10.2 Å². The molecule has 196 valence electrons. The second kappa shape index (κ2) is 11.8. The first-order valence-electron chi connectivity index (χ1n) is 11.8. The lowest BCUT2D eigenvalue weighted by Crippen LogP contribution is -2.53. The predicted molar refractivity (Wildman–Crippen MR) is 133 cm³/mol. The topological polar surface area (TPSA) is 90.0 Å². The fraction of sp³-hybridized carbons (Fsp3) is 0.440. The number of para-hydroxylation sites is 1. The van der Waals surface area contributed by atoms with Gasteiger partial charge in [-0.25, -0.2) is 13.1 Å². The third-order valence-electron chi connectivity index (χ3n) is 6.27. The second-order valence-corrected chi connectivity index (χ2v) is 11.1. The highest BCUT2D eigenvalue weighted by atomic mass is 32.2. The minimum absolute atomic E-state index is 0.0201. The summed E-state index contributed by atoms with van der Waals surface area (Å²) in [5.74, 6) is -2.34. The van der Waals surface area contributed by atoms with E-state index in [0.29, 0.717) is 9.87 Å². The SMILES string of the molecule is C[C@H](C(=O)NC1CCCC1)N(Cc1ccc(F)cc1)C(=O)CN(c1ccccc1F)S(=O)(=O)N(C)C. The molecular weight excluding hydrogens is 490 g/mol. The van der Waals surface area contributed by atoms with Crippen LogP contribution >= 0.6 is 0 Å². The molecule has 0 saturated heterocycles. The first-order chi connectivity index (χ1) is 17.0. The Kier molecular flexibility index (Phi) is 9.02. The number of hydrogen-bond acceptors (Lipinski definition) is 4. The Balaban J connectivity index is 1.93. The van der Waals surface area contributed by atoms with Crippen molar-refractivity contribution < 1.29 is 26.8 Å². The first-order valence-corrected chi connectivity index (χ1v) is 13.2. The van der Waals surface area contributed by atoms with Crippen LogP contribution in [0.25, 0.3) is 0 Å². The van der Waals surface area contributed by atoms with Crippen LogP contribution < -0.4 is 9.62 Å². The number of carbonyl (C=O) groups is 2. The molecule has 3 rings (SSSR count). The van der Waals surface area contributed by atoms with Crippen LogP contribution in [-0.4, -0.2) is 62.2 Å². The van der Waals surface area contributed by atoms with E-state index in [4.69, 9.17) is 0 Å². The molecule has 1 aliphatic carbocycles. The van der Waals surface area contributed by atoms with E-state index in [-0.39, 0.29) is 24.2 Å². The molecule has 8 nitrogen and oxygen atoms in total. The molecule has 1 atom stereocenters. The van der Waals surface area contributed by atoms with E-state index in [1.807, 2.05) is 0 Å². The quantitative estimate of drug-likeness (QED) is 0.520. The van der Waals surface area contributed by atoms with Crippen molar-refractivity contribution >= 4 is 27.7 Å². The molecule has 1 aliphatic rings. The van der Waals surface area contributed by atoms with Crippen molar-refractivity contribution in [3.63, 3.8) is 0 Å². The van der Waals surface area contributed by atoms with Crippen molar-refractivity contribution in [3.8, 4) is 0 Å². The Labute approximate surface area is 211 Å². The van der Waals surface area contributed by atoms with Gasteiger partial charge in [-0.2, -0.15) is 12.7 Å². The molecule has 0 bridgehead atoms. The van der Waals surface area contributed by atoms with Gasteiger partial charge in [0.25, 0.3) is 0 Å². The van der Waals surface area contributed by atoms with E-state index in [1.54, 1.807) is 6.92 Å². The highest BCUT2D eigenvalue weighted by Gasteiger charge is 2.34. The van der Waals surface area contributed by atoms with Crippen molar-refractivity contribution in [2.24, 2.45) is 0 Å². The largest absolute Gasteiger partial charge is 0.352 e. The fourth-order valence-corrected chi connectivity index (χ4v) is 5.18. The van der Waals surface area contributed by atoms with Crippen molar-refractivity contribution in [2.75, 3.05) is 24.9 Å². The van der Waals surface area contributed by atoms with Crippen LogP contribution in [0.1, 0.15) is 38.2 Å². The van der Waals surface area contributed by atoms with Gasteiger partial charge < -0.3 is 10.2 Å².